The number of likely N-dealkylation sites (N-methyl/N-ethyl adjacent to an activating group) is 1. The fourth-order valence-corrected chi connectivity index (χ4v) is 6.33. The summed E-state index contributed by atoms with van der Waals surface area (Å²) in [5.74, 6) is -1.02. The lowest BCUT2D eigenvalue weighted by atomic mass is 9.58. The van der Waals surface area contributed by atoms with Crippen LogP contribution < -0.4 is 5.32 Å². The molecule has 2 aliphatic rings. The number of fused-ring (bicyclic) bond motifs is 2. The highest BCUT2D eigenvalue weighted by Gasteiger charge is 2.74. The van der Waals surface area contributed by atoms with Gasteiger partial charge >= 0.3 is 5.97 Å². The van der Waals surface area contributed by atoms with Gasteiger partial charge < -0.3 is 10.1 Å². The molecule has 1 fully saturated rings. The fourth-order valence-electron chi connectivity index (χ4n) is 6.06. The Balaban J connectivity index is 1.86. The first kappa shape index (κ1) is 21.7. The Morgan fingerprint density at radius 2 is 1.73 bits per heavy atom. The normalized spacial score (nSPS) is 26.3. The molecule has 6 heteroatoms. The third-order valence-corrected chi connectivity index (χ3v) is 7.66. The zero-order valence-electron chi connectivity index (χ0n) is 18.5. The van der Waals surface area contributed by atoms with Crippen LogP contribution in [0, 0.1) is 5.41 Å². The van der Waals surface area contributed by atoms with Gasteiger partial charge in [-0.2, -0.15) is 0 Å². The van der Waals surface area contributed by atoms with E-state index in [1.54, 1.807) is 0 Å². The molecule has 2 heterocycles. The van der Waals surface area contributed by atoms with Crippen molar-refractivity contribution in [2.24, 2.45) is 5.41 Å². The van der Waals surface area contributed by atoms with E-state index in [0.717, 1.165) is 22.4 Å². The summed E-state index contributed by atoms with van der Waals surface area (Å²) in [6.45, 7) is 0.466. The molecule has 0 bridgehead atoms. The number of carbonyl (C=O) groups is 2. The molecule has 2 aliphatic heterocycles. The SMILES string of the molecule is COC(=O)[C@@]1(Cc2ccccc2)[C@H](c2ccccc2Cl)CN(C)[C@]12C(=O)Nc1ccccc12. The smallest absolute Gasteiger partial charge is 0.315 e. The number of ether oxygens (including phenoxy) is 1. The highest BCUT2D eigenvalue weighted by Crippen LogP contribution is 2.64. The molecule has 3 aromatic carbocycles. The number of benzene rings is 3. The maximum Gasteiger partial charge on any atom is 0.315 e. The number of carbonyl (C=O) groups excluding carboxylic acids is 2. The van der Waals surface area contributed by atoms with E-state index in [1.807, 2.05) is 90.8 Å². The third-order valence-electron chi connectivity index (χ3n) is 7.32. The van der Waals surface area contributed by atoms with Gasteiger partial charge in [0.05, 0.1) is 7.11 Å². The van der Waals surface area contributed by atoms with Gasteiger partial charge in [0.1, 0.15) is 11.0 Å². The van der Waals surface area contributed by atoms with Crippen LogP contribution in [0.1, 0.15) is 22.6 Å². The Hall–Kier alpha value is -3.15. The van der Waals surface area contributed by atoms with E-state index in [0.29, 0.717) is 18.0 Å². The van der Waals surface area contributed by atoms with Crippen LogP contribution >= 0.6 is 11.6 Å². The van der Waals surface area contributed by atoms with Crippen molar-refractivity contribution in [3.63, 3.8) is 0 Å². The van der Waals surface area contributed by atoms with Gasteiger partial charge in [-0.05, 0) is 36.7 Å². The van der Waals surface area contributed by atoms with Crippen LogP contribution in [-0.2, 0) is 26.3 Å². The summed E-state index contributed by atoms with van der Waals surface area (Å²) in [6, 6.07) is 25.0. The molecule has 1 spiro atoms. The average molecular weight is 461 g/mol. The van der Waals surface area contributed by atoms with E-state index in [1.165, 1.54) is 7.11 Å². The average Bonchev–Trinajstić information content (AvgIpc) is 3.28. The van der Waals surface area contributed by atoms with Gasteiger partial charge in [-0.15, -0.1) is 0 Å². The summed E-state index contributed by atoms with van der Waals surface area (Å²) < 4.78 is 5.51. The quantitative estimate of drug-likeness (QED) is 0.577. The van der Waals surface area contributed by atoms with E-state index in [-0.39, 0.29) is 11.8 Å². The number of halogens is 1. The summed E-state index contributed by atoms with van der Waals surface area (Å²) in [5, 5.41) is 3.62. The topological polar surface area (TPSA) is 58.6 Å². The maximum atomic E-state index is 14.0. The first-order valence-corrected chi connectivity index (χ1v) is 11.3. The van der Waals surface area contributed by atoms with Crippen LogP contribution in [0.2, 0.25) is 5.02 Å². The van der Waals surface area contributed by atoms with Crippen LogP contribution in [0.5, 0.6) is 0 Å². The molecule has 1 amide bonds. The minimum Gasteiger partial charge on any atom is -0.468 e. The molecule has 168 valence electrons. The summed E-state index contributed by atoms with van der Waals surface area (Å²) in [6.07, 6.45) is 0.322. The van der Waals surface area contributed by atoms with Gasteiger partial charge in [-0.3, -0.25) is 14.5 Å². The summed E-state index contributed by atoms with van der Waals surface area (Å²) in [4.78, 5) is 30.0. The molecule has 3 atom stereocenters. The number of para-hydroxylation sites is 1. The van der Waals surface area contributed by atoms with E-state index >= 15 is 0 Å². The van der Waals surface area contributed by atoms with Crippen LogP contribution in [-0.4, -0.2) is 37.5 Å². The lowest BCUT2D eigenvalue weighted by Crippen LogP contribution is -2.60. The molecule has 3 aromatic rings. The van der Waals surface area contributed by atoms with Crippen molar-refractivity contribution in [2.75, 3.05) is 26.0 Å². The predicted molar refractivity (Wildman–Crippen MR) is 128 cm³/mol. The number of hydrogen-bond donors (Lipinski definition) is 1. The second kappa shape index (κ2) is 8.01. The number of esters is 1. The van der Waals surface area contributed by atoms with Crippen LogP contribution in [0.15, 0.2) is 78.9 Å². The van der Waals surface area contributed by atoms with Crippen LogP contribution in [0.4, 0.5) is 5.69 Å². The van der Waals surface area contributed by atoms with Gasteiger partial charge in [0.25, 0.3) is 5.91 Å². The number of methoxy groups -OCH3 is 1. The fraction of sp³-hybridized carbons (Fsp3) is 0.259. The van der Waals surface area contributed by atoms with E-state index < -0.39 is 16.9 Å². The minimum absolute atomic E-state index is 0.220. The molecule has 1 N–H and O–H groups in total. The number of nitrogens with zero attached hydrogens (tertiary/aromatic N) is 1. The van der Waals surface area contributed by atoms with Gasteiger partial charge in [0.2, 0.25) is 0 Å². The second-order valence-corrected chi connectivity index (χ2v) is 9.20. The van der Waals surface area contributed by atoms with Crippen molar-refractivity contribution in [3.05, 3.63) is 101 Å². The lowest BCUT2D eigenvalue weighted by Gasteiger charge is -2.45. The molecule has 0 saturated carbocycles. The Bertz CT molecular complexity index is 1230. The summed E-state index contributed by atoms with van der Waals surface area (Å²) >= 11 is 6.69. The summed E-state index contributed by atoms with van der Waals surface area (Å²) in [7, 11) is 3.30. The van der Waals surface area contributed by atoms with Crippen molar-refractivity contribution >= 4 is 29.2 Å². The number of anilines is 1. The molecule has 0 aliphatic carbocycles. The maximum absolute atomic E-state index is 14.0. The number of nitrogens with one attached hydrogen (secondary N) is 1. The largest absolute Gasteiger partial charge is 0.468 e. The molecule has 5 nitrogen and oxygen atoms in total. The highest BCUT2D eigenvalue weighted by molar-refractivity contribution is 6.31. The first-order valence-electron chi connectivity index (χ1n) is 11.0. The molecular weight excluding hydrogens is 436 g/mol. The zero-order chi connectivity index (χ0) is 23.2. The molecule has 5 rings (SSSR count). The van der Waals surface area contributed by atoms with E-state index in [9.17, 15) is 9.59 Å². The van der Waals surface area contributed by atoms with E-state index in [2.05, 4.69) is 5.32 Å². The Morgan fingerprint density at radius 3 is 2.45 bits per heavy atom. The number of hydrogen-bond acceptors (Lipinski definition) is 4. The van der Waals surface area contributed by atoms with Crippen LogP contribution in [0.3, 0.4) is 0 Å². The highest BCUT2D eigenvalue weighted by atomic mass is 35.5. The molecule has 0 aromatic heterocycles. The van der Waals surface area contributed by atoms with Crippen molar-refractivity contribution in [1.82, 2.24) is 4.90 Å². The lowest BCUT2D eigenvalue weighted by molar-refractivity contribution is -0.164. The van der Waals surface area contributed by atoms with Gasteiger partial charge in [-0.25, -0.2) is 0 Å². The number of rotatable bonds is 4. The van der Waals surface area contributed by atoms with E-state index in [4.69, 9.17) is 16.3 Å². The van der Waals surface area contributed by atoms with Gasteiger partial charge in [0, 0.05) is 28.7 Å². The molecule has 1 saturated heterocycles. The monoisotopic (exact) mass is 460 g/mol. The third kappa shape index (κ3) is 2.89. The first-order chi connectivity index (χ1) is 16.0. The zero-order valence-corrected chi connectivity index (χ0v) is 19.3. The predicted octanol–water partition coefficient (Wildman–Crippen LogP) is 4.62. The van der Waals surface area contributed by atoms with Crippen molar-refractivity contribution < 1.29 is 14.3 Å². The molecule has 33 heavy (non-hydrogen) atoms. The van der Waals surface area contributed by atoms with Crippen LogP contribution in [0.25, 0.3) is 0 Å². The van der Waals surface area contributed by atoms with Crippen molar-refractivity contribution in [3.8, 4) is 0 Å². The Kier molecular flexibility index (Phi) is 5.26. The molecular formula is C27H25ClN2O3. The summed E-state index contributed by atoms with van der Waals surface area (Å²) in [5.41, 5.74) is 0.785. The standard InChI is InChI=1S/C27H25ClN2O3/c1-30-17-21(19-12-6-8-14-22(19)28)26(25(32)33-2,16-18-10-4-3-5-11-18)27(30)20-13-7-9-15-23(20)29-24(27)31/h3-15,21H,16-17H2,1-2H3,(H,29,31)/t21-,26+,27+/m0/s1. The van der Waals surface area contributed by atoms with Gasteiger partial charge in [-0.1, -0.05) is 78.3 Å². The number of amides is 1. The molecule has 0 radical (unpaired) electrons. The molecule has 0 unspecified atom stereocenters. The van der Waals surface area contributed by atoms with Crippen molar-refractivity contribution in [2.45, 2.75) is 17.9 Å². The second-order valence-electron chi connectivity index (χ2n) is 8.79. The van der Waals surface area contributed by atoms with Gasteiger partial charge in [0.15, 0.2) is 0 Å². The Labute approximate surface area is 198 Å². The number of likely N-dealkylation sites (tertiary alicyclic amines) is 1. The minimum atomic E-state index is -1.25. The van der Waals surface area contributed by atoms with Crippen molar-refractivity contribution in [1.29, 1.82) is 0 Å². The Morgan fingerprint density at radius 1 is 1.06 bits per heavy atom.